The molecular weight excluding hydrogens is 430 g/mol. The maximum atomic E-state index is 6.03. The van der Waals surface area contributed by atoms with Crippen LogP contribution in [0.3, 0.4) is 0 Å². The Kier molecular flexibility index (Phi) is 9.11. The van der Waals surface area contributed by atoms with Crippen molar-refractivity contribution >= 4 is 36.7 Å². The number of rotatable bonds is 3. The van der Waals surface area contributed by atoms with E-state index in [-0.39, 0.29) is 0 Å². The van der Waals surface area contributed by atoms with Gasteiger partial charge in [-0.05, 0) is 0 Å². The Morgan fingerprint density at radius 3 is 2.53 bits per heavy atom. The molecular formula is C14H24BrClN2Sn-2. The summed E-state index contributed by atoms with van der Waals surface area (Å²) in [5, 5.41) is 8.99. The monoisotopic (exact) mass is 454 g/mol. The zero-order valence-electron chi connectivity index (χ0n) is 11.9. The van der Waals surface area contributed by atoms with Crippen LogP contribution in [0.1, 0.15) is 33.1 Å². The molecule has 19 heavy (non-hydrogen) atoms. The van der Waals surface area contributed by atoms with Gasteiger partial charge in [0.05, 0.1) is 0 Å². The summed E-state index contributed by atoms with van der Waals surface area (Å²) in [6, 6.07) is 0.406. The van der Waals surface area contributed by atoms with E-state index in [0.29, 0.717) is 6.04 Å². The molecule has 0 aromatic rings. The molecule has 2 heterocycles. The van der Waals surface area contributed by atoms with Gasteiger partial charge in [-0.2, -0.15) is 5.70 Å². The van der Waals surface area contributed by atoms with Gasteiger partial charge >= 0.3 is 59.4 Å². The molecule has 0 amide bonds. The second kappa shape index (κ2) is 9.69. The van der Waals surface area contributed by atoms with Crippen LogP contribution in [0, 0.1) is 0 Å². The molecule has 0 aromatic carbocycles. The van der Waals surface area contributed by atoms with Crippen molar-refractivity contribution in [2.24, 2.45) is 0 Å². The average molecular weight is 454 g/mol. The Hall–Kier alpha value is 0.809. The molecule has 1 unspecified atom stereocenters. The number of hydrogen-bond donors (Lipinski definition) is 0. The Balaban J connectivity index is 0.000000224. The zero-order valence-corrected chi connectivity index (χ0v) is 17.1. The molecule has 0 radical (unpaired) electrons. The van der Waals surface area contributed by atoms with E-state index < -0.39 is 15.0 Å². The van der Waals surface area contributed by atoms with Gasteiger partial charge in [-0.25, -0.2) is 0 Å². The summed E-state index contributed by atoms with van der Waals surface area (Å²) >= 11 is 1.56. The molecule has 5 heteroatoms. The van der Waals surface area contributed by atoms with Crippen molar-refractivity contribution in [2.75, 3.05) is 13.1 Å². The van der Waals surface area contributed by atoms with Crippen LogP contribution in [0.25, 0.3) is 10.6 Å². The Bertz CT molecular complexity index is 307. The molecule has 0 saturated carbocycles. The molecule has 0 spiro atoms. The van der Waals surface area contributed by atoms with Gasteiger partial charge in [0, 0.05) is 0 Å². The maximum absolute atomic E-state index is 6.03. The molecule has 1 saturated heterocycles. The van der Waals surface area contributed by atoms with Crippen molar-refractivity contribution in [3.63, 3.8) is 0 Å². The Labute approximate surface area is 131 Å². The van der Waals surface area contributed by atoms with Gasteiger partial charge in [-0.15, -0.1) is 25.2 Å². The van der Waals surface area contributed by atoms with E-state index >= 15 is 0 Å². The number of halogens is 2. The fourth-order valence-electron chi connectivity index (χ4n) is 1.93. The molecule has 1 fully saturated rings. The summed E-state index contributed by atoms with van der Waals surface area (Å²) in [6.07, 6.45) is 10.0. The van der Waals surface area contributed by atoms with Gasteiger partial charge < -0.3 is 10.6 Å². The summed E-state index contributed by atoms with van der Waals surface area (Å²) < 4.78 is 2.37. The summed E-state index contributed by atoms with van der Waals surface area (Å²) in [6.45, 7) is 6.18. The number of allylic oxidation sites excluding steroid dienone is 2. The number of piperidine rings is 1. The van der Waals surface area contributed by atoms with Gasteiger partial charge in [0.25, 0.3) is 0 Å². The predicted octanol–water partition coefficient (Wildman–Crippen LogP) is 5.84. The summed E-state index contributed by atoms with van der Waals surface area (Å²) in [5.74, 6) is 0. The van der Waals surface area contributed by atoms with E-state index in [1.807, 2.05) is 0 Å². The van der Waals surface area contributed by atoms with Crippen molar-refractivity contribution in [3.05, 3.63) is 34.6 Å². The Morgan fingerprint density at radius 1 is 1.37 bits per heavy atom. The first kappa shape index (κ1) is 17.9. The van der Waals surface area contributed by atoms with Crippen LogP contribution in [-0.2, 0) is 0 Å². The summed E-state index contributed by atoms with van der Waals surface area (Å²) in [5.41, 5.74) is 1.19. The van der Waals surface area contributed by atoms with E-state index in [9.17, 15) is 0 Å². The summed E-state index contributed by atoms with van der Waals surface area (Å²) in [7, 11) is 6.03. The molecule has 0 aliphatic carbocycles. The molecule has 110 valence electrons. The minimum atomic E-state index is -2.00. The molecule has 0 aromatic heterocycles. The first-order valence-electron chi connectivity index (χ1n) is 7.17. The van der Waals surface area contributed by atoms with Crippen molar-refractivity contribution in [1.82, 2.24) is 0 Å². The fraction of sp³-hybridized carbons (Fsp3) is 0.714. The third-order valence-electron chi connectivity index (χ3n) is 3.39. The Morgan fingerprint density at radius 2 is 2.11 bits per heavy atom. The normalized spacial score (nSPS) is 22.9. The quantitative estimate of drug-likeness (QED) is 0.480. The first-order valence-corrected chi connectivity index (χ1v) is 21.2. The minimum absolute atomic E-state index is 0.406. The van der Waals surface area contributed by atoms with Gasteiger partial charge in [0.15, 0.2) is 0 Å². The number of hydrogen-bond acceptors (Lipinski definition) is 0. The van der Waals surface area contributed by atoms with Crippen molar-refractivity contribution < 1.29 is 0 Å². The number of nitrogens with zero attached hydrogens (tertiary/aromatic N) is 2. The van der Waals surface area contributed by atoms with Crippen LogP contribution in [0.2, 0.25) is 8.87 Å². The van der Waals surface area contributed by atoms with Crippen molar-refractivity contribution in [3.8, 4) is 0 Å². The third-order valence-corrected chi connectivity index (χ3v) is 20.4. The summed E-state index contributed by atoms with van der Waals surface area (Å²) in [4.78, 5) is 0. The van der Waals surface area contributed by atoms with Crippen molar-refractivity contribution in [1.29, 1.82) is 0 Å². The third kappa shape index (κ3) is 7.39. The van der Waals surface area contributed by atoms with Crippen molar-refractivity contribution in [2.45, 2.75) is 48.0 Å². The molecule has 0 N–H and O–H groups in total. The van der Waals surface area contributed by atoms with Crippen LogP contribution in [-0.4, -0.2) is 34.2 Å². The standard InChI is InChI=1S/C10H14N2.2C2H5.BrH.ClH.Sn/c1-3-7-11-9(5-1)10-6-2-4-8-12-10;2*1-2;;;/h1,3,5,10H,2,4,6-8H2;2*1H2,2H3;2*1H;/q-2;;;;;+2/p-2. The van der Waals surface area contributed by atoms with E-state index in [0.717, 1.165) is 13.1 Å². The van der Waals surface area contributed by atoms with Crippen LogP contribution >= 0.6 is 21.6 Å². The van der Waals surface area contributed by atoms with Gasteiger partial charge in [0.1, 0.15) is 0 Å². The molecule has 2 aliphatic heterocycles. The SMILES string of the molecule is C1=CC[N-]C(C2CCCC[N-]2)=C1.C[CH2][Sn]([Cl])([Br])[CH2]C. The van der Waals surface area contributed by atoms with Crippen LogP contribution in [0.4, 0.5) is 0 Å². The van der Waals surface area contributed by atoms with Gasteiger partial charge in [0.2, 0.25) is 0 Å². The molecule has 2 aliphatic rings. The van der Waals surface area contributed by atoms with Gasteiger partial charge in [-0.3, -0.25) is 0 Å². The fourth-order valence-corrected chi connectivity index (χ4v) is 3.36. The van der Waals surface area contributed by atoms with Gasteiger partial charge in [-0.1, -0.05) is 31.4 Å². The second-order valence-electron chi connectivity index (χ2n) is 4.84. The van der Waals surface area contributed by atoms with E-state index in [1.165, 1.54) is 33.8 Å². The molecule has 2 nitrogen and oxygen atoms in total. The topological polar surface area (TPSA) is 28.2 Å². The average Bonchev–Trinajstić information content (AvgIpc) is 2.50. The predicted molar refractivity (Wildman–Crippen MR) is 92.8 cm³/mol. The van der Waals surface area contributed by atoms with Crippen LogP contribution < -0.4 is 0 Å². The molecule has 2 rings (SSSR count). The first-order chi connectivity index (χ1) is 9.09. The molecule has 0 bridgehead atoms. The zero-order chi connectivity index (χ0) is 14.1. The van der Waals surface area contributed by atoms with E-state index in [4.69, 9.17) is 8.92 Å². The van der Waals surface area contributed by atoms with Crippen LogP contribution in [0.15, 0.2) is 23.9 Å². The van der Waals surface area contributed by atoms with Crippen LogP contribution in [0.5, 0.6) is 0 Å². The van der Waals surface area contributed by atoms with E-state index in [1.54, 1.807) is 0 Å². The molecule has 1 atom stereocenters. The van der Waals surface area contributed by atoms with E-state index in [2.05, 4.69) is 55.4 Å². The second-order valence-corrected chi connectivity index (χ2v) is 31.9.